The number of aliphatic carboxylic acids is 1. The number of carboxylic acids is 1. The lowest BCUT2D eigenvalue weighted by molar-refractivity contribution is -0.168. The minimum atomic E-state index is -1.30. The number of carbonyl (C=O) groups excluding carboxylic acids is 2. The predicted octanol–water partition coefficient (Wildman–Crippen LogP) is 1.30. The quantitative estimate of drug-likeness (QED) is 0.347. The second-order valence-corrected chi connectivity index (χ2v) is 4.07. The lowest BCUT2D eigenvalue weighted by Crippen LogP contribution is -2.42. The van der Waals surface area contributed by atoms with Crippen LogP contribution in [0, 0.1) is 11.3 Å². The van der Waals surface area contributed by atoms with E-state index in [2.05, 4.69) is 11.3 Å². The molecule has 2 unspecified atom stereocenters. The average molecular weight is 238 g/mol. The molecule has 0 aromatic heterocycles. The topological polar surface area (TPSA) is 80.7 Å². The fourth-order valence-corrected chi connectivity index (χ4v) is 1.84. The number of ether oxygens (including phenoxy) is 1. The Morgan fingerprint density at radius 3 is 2.71 bits per heavy atom. The van der Waals surface area contributed by atoms with Crippen molar-refractivity contribution >= 4 is 17.9 Å². The first-order chi connectivity index (χ1) is 7.91. The van der Waals surface area contributed by atoms with Gasteiger partial charge in [-0.2, -0.15) is 0 Å². The van der Waals surface area contributed by atoms with E-state index in [9.17, 15) is 14.4 Å². The molecule has 1 aliphatic carbocycles. The summed E-state index contributed by atoms with van der Waals surface area (Å²) in [5, 5.41) is 9.07. The number of esters is 2. The monoisotopic (exact) mass is 238 g/mol. The van der Waals surface area contributed by atoms with Gasteiger partial charge in [0.2, 0.25) is 0 Å². The summed E-state index contributed by atoms with van der Waals surface area (Å²) < 4.78 is 4.51. The molecule has 0 aromatic carbocycles. The molecule has 0 heterocycles. The Morgan fingerprint density at radius 1 is 1.53 bits per heavy atom. The van der Waals surface area contributed by atoms with Crippen LogP contribution in [0.3, 0.4) is 0 Å². The van der Waals surface area contributed by atoms with Gasteiger partial charge in [-0.15, -0.1) is 0 Å². The fraction of sp³-hybridized carbons (Fsp3) is 0.417. The van der Waals surface area contributed by atoms with Crippen molar-refractivity contribution in [2.24, 2.45) is 11.3 Å². The summed E-state index contributed by atoms with van der Waals surface area (Å²) >= 11 is 0. The smallest absolute Gasteiger partial charge is 0.337 e. The fourth-order valence-electron chi connectivity index (χ4n) is 1.84. The van der Waals surface area contributed by atoms with Gasteiger partial charge in [0.1, 0.15) is 0 Å². The van der Waals surface area contributed by atoms with E-state index in [0.717, 1.165) is 6.08 Å². The van der Waals surface area contributed by atoms with Crippen molar-refractivity contribution < 1.29 is 24.2 Å². The Hall–Kier alpha value is -1.91. The first-order valence-electron chi connectivity index (χ1n) is 5.21. The van der Waals surface area contributed by atoms with E-state index < -0.39 is 29.2 Å². The highest BCUT2D eigenvalue weighted by atomic mass is 16.6. The zero-order valence-corrected chi connectivity index (χ0v) is 9.51. The molecule has 0 radical (unpaired) electrons. The molecule has 5 heteroatoms. The number of allylic oxidation sites excluding steroid dienone is 1. The van der Waals surface area contributed by atoms with Crippen molar-refractivity contribution in [2.45, 2.75) is 19.8 Å². The Kier molecular flexibility index (Phi) is 3.83. The average Bonchev–Trinajstić information content (AvgIpc) is 2.28. The zero-order chi connectivity index (χ0) is 13.1. The minimum absolute atomic E-state index is 0.347. The van der Waals surface area contributed by atoms with Gasteiger partial charge in [-0.3, -0.25) is 9.59 Å². The van der Waals surface area contributed by atoms with Gasteiger partial charge in [-0.25, -0.2) is 4.79 Å². The zero-order valence-electron chi connectivity index (χ0n) is 9.51. The van der Waals surface area contributed by atoms with E-state index in [1.54, 1.807) is 6.08 Å². The van der Waals surface area contributed by atoms with E-state index in [4.69, 9.17) is 5.11 Å². The maximum absolute atomic E-state index is 11.8. The lowest BCUT2D eigenvalue weighted by atomic mass is 9.71. The van der Waals surface area contributed by atoms with E-state index in [1.807, 2.05) is 0 Å². The first-order valence-corrected chi connectivity index (χ1v) is 5.21. The molecule has 5 nitrogen and oxygen atoms in total. The summed E-state index contributed by atoms with van der Waals surface area (Å²) in [6, 6.07) is 0. The molecule has 1 aliphatic rings. The van der Waals surface area contributed by atoms with Crippen molar-refractivity contribution in [3.63, 3.8) is 0 Å². The molecule has 1 rings (SSSR count). The highest BCUT2D eigenvalue weighted by molar-refractivity contribution is 5.96. The molecule has 0 amide bonds. The molecule has 17 heavy (non-hydrogen) atoms. The van der Waals surface area contributed by atoms with Crippen LogP contribution in [0.15, 0.2) is 24.8 Å². The molecule has 0 saturated carbocycles. The molecule has 92 valence electrons. The van der Waals surface area contributed by atoms with Gasteiger partial charge in [-0.1, -0.05) is 18.7 Å². The predicted molar refractivity (Wildman–Crippen MR) is 58.9 cm³/mol. The summed E-state index contributed by atoms with van der Waals surface area (Å²) in [5.41, 5.74) is -1.30. The summed E-state index contributed by atoms with van der Waals surface area (Å²) in [7, 11) is 0. The van der Waals surface area contributed by atoms with Crippen molar-refractivity contribution in [2.75, 3.05) is 0 Å². The van der Waals surface area contributed by atoms with Gasteiger partial charge in [0.05, 0.1) is 11.3 Å². The Bertz CT molecular complexity index is 396. The number of hydrogen-bond donors (Lipinski definition) is 1. The van der Waals surface area contributed by atoms with Crippen LogP contribution in [0.2, 0.25) is 0 Å². The minimum Gasteiger partial charge on any atom is -0.481 e. The number of rotatable bonds is 3. The third kappa shape index (κ3) is 2.61. The van der Waals surface area contributed by atoms with Gasteiger partial charge < -0.3 is 9.84 Å². The molecular weight excluding hydrogens is 224 g/mol. The van der Waals surface area contributed by atoms with Gasteiger partial charge in [0.15, 0.2) is 0 Å². The Morgan fingerprint density at radius 2 is 2.18 bits per heavy atom. The van der Waals surface area contributed by atoms with Crippen LogP contribution in [0.1, 0.15) is 19.8 Å². The maximum Gasteiger partial charge on any atom is 0.337 e. The summed E-state index contributed by atoms with van der Waals surface area (Å²) in [5.74, 6) is -3.68. The third-order valence-corrected chi connectivity index (χ3v) is 2.91. The maximum atomic E-state index is 11.8. The lowest BCUT2D eigenvalue weighted by Gasteiger charge is -2.32. The van der Waals surface area contributed by atoms with Crippen LogP contribution in [0.25, 0.3) is 0 Å². The Balaban J connectivity index is 2.96. The van der Waals surface area contributed by atoms with Crippen LogP contribution in [-0.2, 0) is 19.1 Å². The second-order valence-electron chi connectivity index (χ2n) is 4.07. The molecule has 0 spiro atoms. The van der Waals surface area contributed by atoms with Crippen LogP contribution < -0.4 is 0 Å². The largest absolute Gasteiger partial charge is 0.481 e. The standard InChI is InChI=1S/C12H14O5/c1-3-9(13)17-11(16)12(2)7-5-4-6-8(12)10(14)15/h3,5,7-8H,1,4,6H2,2H3,(H,14,15). The third-order valence-electron chi connectivity index (χ3n) is 2.91. The molecule has 0 saturated heterocycles. The van der Waals surface area contributed by atoms with Crippen LogP contribution in [-0.4, -0.2) is 23.0 Å². The van der Waals surface area contributed by atoms with Crippen molar-refractivity contribution in [1.82, 2.24) is 0 Å². The Labute approximate surface area is 98.8 Å². The highest BCUT2D eigenvalue weighted by Crippen LogP contribution is 2.38. The molecule has 0 aromatic rings. The van der Waals surface area contributed by atoms with Gasteiger partial charge in [0.25, 0.3) is 0 Å². The highest BCUT2D eigenvalue weighted by Gasteiger charge is 2.46. The van der Waals surface area contributed by atoms with E-state index in [-0.39, 0.29) is 0 Å². The van der Waals surface area contributed by atoms with Crippen LogP contribution in [0.4, 0.5) is 0 Å². The molecule has 2 atom stereocenters. The van der Waals surface area contributed by atoms with E-state index >= 15 is 0 Å². The first kappa shape index (κ1) is 13.2. The molecule has 0 bridgehead atoms. The summed E-state index contributed by atoms with van der Waals surface area (Å²) in [6.07, 6.45) is 5.02. The van der Waals surface area contributed by atoms with E-state index in [1.165, 1.54) is 13.0 Å². The van der Waals surface area contributed by atoms with Crippen LogP contribution in [0.5, 0.6) is 0 Å². The summed E-state index contributed by atoms with van der Waals surface area (Å²) in [6.45, 7) is 4.63. The SMILES string of the molecule is C=CC(=O)OC(=O)C1(C)C=CCCC1C(=O)O. The molecule has 1 N–H and O–H groups in total. The molecule has 0 fully saturated rings. The number of carboxylic acid groups (broad SMARTS) is 1. The van der Waals surface area contributed by atoms with Crippen LogP contribution >= 0.6 is 0 Å². The number of carbonyl (C=O) groups is 3. The van der Waals surface area contributed by atoms with E-state index in [0.29, 0.717) is 12.8 Å². The van der Waals surface area contributed by atoms with Gasteiger partial charge in [0, 0.05) is 6.08 Å². The van der Waals surface area contributed by atoms with Crippen molar-refractivity contribution in [1.29, 1.82) is 0 Å². The van der Waals surface area contributed by atoms with Gasteiger partial charge >= 0.3 is 17.9 Å². The summed E-state index contributed by atoms with van der Waals surface area (Å²) in [4.78, 5) is 33.8. The normalized spacial score (nSPS) is 27.2. The molecule has 0 aliphatic heterocycles. The molecular formula is C12H14O5. The van der Waals surface area contributed by atoms with Crippen molar-refractivity contribution in [3.05, 3.63) is 24.8 Å². The number of hydrogen-bond acceptors (Lipinski definition) is 4. The van der Waals surface area contributed by atoms with Gasteiger partial charge in [-0.05, 0) is 19.8 Å². The second kappa shape index (κ2) is 4.95. The van der Waals surface area contributed by atoms with Crippen molar-refractivity contribution in [3.8, 4) is 0 Å².